The van der Waals surface area contributed by atoms with Gasteiger partial charge in [-0.05, 0) is 25.2 Å². The average Bonchev–Trinajstić information content (AvgIpc) is 3.01. The monoisotopic (exact) mass is 290 g/mol. The maximum absolute atomic E-state index is 12.2. The summed E-state index contributed by atoms with van der Waals surface area (Å²) in [7, 11) is 0. The molecule has 3 N–H and O–H groups in total. The van der Waals surface area contributed by atoms with Gasteiger partial charge >= 0.3 is 0 Å². The summed E-state index contributed by atoms with van der Waals surface area (Å²) in [4.78, 5) is 14.8. The molecule has 0 spiro atoms. The molecule has 2 heterocycles. The Hall–Kier alpha value is -1.74. The van der Waals surface area contributed by atoms with Crippen molar-refractivity contribution >= 4 is 27.9 Å². The molecule has 1 saturated carbocycles. The lowest BCUT2D eigenvalue weighted by Gasteiger charge is -2.15. The minimum atomic E-state index is -0.134. The fourth-order valence-electron chi connectivity index (χ4n) is 2.53. The van der Waals surface area contributed by atoms with Crippen LogP contribution in [0.2, 0.25) is 0 Å². The van der Waals surface area contributed by atoms with Crippen LogP contribution in [-0.2, 0) is 0 Å². The van der Waals surface area contributed by atoms with Crippen LogP contribution in [0.4, 0.5) is 10.7 Å². The number of nitriles is 1. The highest BCUT2D eigenvalue weighted by atomic mass is 32.1. The third kappa shape index (κ3) is 2.34. The van der Waals surface area contributed by atoms with Gasteiger partial charge in [0.15, 0.2) is 0 Å². The number of nitrogens with two attached hydrogens (primary N) is 1. The lowest BCUT2D eigenvalue weighted by atomic mass is 10.2. The first-order chi connectivity index (χ1) is 9.60. The summed E-state index contributed by atoms with van der Waals surface area (Å²) in [5, 5.41) is 13.1. The van der Waals surface area contributed by atoms with E-state index < -0.39 is 0 Å². The summed E-state index contributed by atoms with van der Waals surface area (Å²) in [5.74, 6) is 0.485. The predicted molar refractivity (Wildman–Crippen MR) is 79.9 cm³/mol. The summed E-state index contributed by atoms with van der Waals surface area (Å²) in [6, 6.07) is 2.46. The number of nitrogens with zero attached hydrogens (tertiary/aromatic N) is 2. The van der Waals surface area contributed by atoms with Gasteiger partial charge in [0.05, 0.1) is 5.69 Å². The molecule has 1 aromatic heterocycles. The quantitative estimate of drug-likeness (QED) is 0.891. The molecule has 2 fully saturated rings. The van der Waals surface area contributed by atoms with E-state index in [2.05, 4.69) is 23.2 Å². The van der Waals surface area contributed by atoms with Gasteiger partial charge in [-0.2, -0.15) is 5.26 Å². The number of nitrogens with one attached hydrogen (secondary N) is 1. The maximum Gasteiger partial charge on any atom is 0.263 e. The Bertz CT molecular complexity index is 585. The smallest absolute Gasteiger partial charge is 0.263 e. The zero-order valence-corrected chi connectivity index (χ0v) is 12.3. The molecule has 106 valence electrons. The number of carbonyl (C=O) groups excluding carboxylic acids is 1. The van der Waals surface area contributed by atoms with E-state index in [9.17, 15) is 10.1 Å². The average molecular weight is 290 g/mol. The van der Waals surface area contributed by atoms with Crippen molar-refractivity contribution in [3.63, 3.8) is 0 Å². The molecule has 1 saturated heterocycles. The Labute approximate surface area is 122 Å². The molecule has 6 heteroatoms. The largest absolute Gasteiger partial charge is 0.396 e. The van der Waals surface area contributed by atoms with Gasteiger partial charge in [0.1, 0.15) is 21.5 Å². The summed E-state index contributed by atoms with van der Waals surface area (Å²) in [5.41, 5.74) is 6.82. The minimum absolute atomic E-state index is 0.134. The van der Waals surface area contributed by atoms with Gasteiger partial charge in [0.2, 0.25) is 0 Å². The van der Waals surface area contributed by atoms with Gasteiger partial charge in [-0.25, -0.2) is 0 Å². The van der Waals surface area contributed by atoms with E-state index in [0.717, 1.165) is 37.4 Å². The van der Waals surface area contributed by atoms with Crippen molar-refractivity contribution in [3.05, 3.63) is 10.4 Å². The van der Waals surface area contributed by atoms with Gasteiger partial charge < -0.3 is 16.0 Å². The molecule has 5 nitrogen and oxygen atoms in total. The fourth-order valence-corrected chi connectivity index (χ4v) is 3.64. The van der Waals surface area contributed by atoms with Crippen molar-refractivity contribution in [1.29, 1.82) is 5.26 Å². The highest BCUT2D eigenvalue weighted by Gasteiger charge is 2.30. The van der Waals surface area contributed by atoms with Crippen molar-refractivity contribution in [3.8, 4) is 6.07 Å². The number of hydrogen-bond donors (Lipinski definition) is 2. The molecule has 1 amide bonds. The van der Waals surface area contributed by atoms with Gasteiger partial charge in [-0.3, -0.25) is 4.79 Å². The molecule has 3 rings (SSSR count). The highest BCUT2D eigenvalue weighted by molar-refractivity contribution is 7.19. The van der Waals surface area contributed by atoms with Crippen molar-refractivity contribution < 1.29 is 4.79 Å². The van der Waals surface area contributed by atoms with Crippen molar-refractivity contribution in [2.45, 2.75) is 32.2 Å². The minimum Gasteiger partial charge on any atom is -0.396 e. The van der Waals surface area contributed by atoms with Gasteiger partial charge in [-0.15, -0.1) is 11.3 Å². The van der Waals surface area contributed by atoms with Crippen LogP contribution in [-0.4, -0.2) is 25.0 Å². The molecule has 1 aliphatic heterocycles. The molecule has 2 aliphatic rings. The van der Waals surface area contributed by atoms with E-state index in [0.29, 0.717) is 28.1 Å². The second kappa shape index (κ2) is 4.98. The van der Waals surface area contributed by atoms with E-state index in [1.54, 1.807) is 0 Å². The Balaban J connectivity index is 1.90. The second-order valence-corrected chi connectivity index (χ2v) is 6.72. The predicted octanol–water partition coefficient (Wildman–Crippen LogP) is 1.94. The van der Waals surface area contributed by atoms with Crippen LogP contribution in [0.1, 0.15) is 41.4 Å². The normalized spacial score (nSPS) is 21.8. The number of rotatable bonds is 3. The molecular formula is C14H18N4OS. The van der Waals surface area contributed by atoms with Crippen molar-refractivity contribution in [1.82, 2.24) is 5.32 Å². The highest BCUT2D eigenvalue weighted by Crippen LogP contribution is 2.40. The third-order valence-electron chi connectivity index (χ3n) is 3.87. The van der Waals surface area contributed by atoms with E-state index in [1.165, 1.54) is 11.3 Å². The summed E-state index contributed by atoms with van der Waals surface area (Å²) < 4.78 is 0. The first kappa shape index (κ1) is 13.3. The maximum atomic E-state index is 12.2. The van der Waals surface area contributed by atoms with Crippen LogP contribution in [0.5, 0.6) is 0 Å². The topological polar surface area (TPSA) is 82.2 Å². The molecule has 0 aromatic carbocycles. The Morgan fingerprint density at radius 2 is 2.25 bits per heavy atom. The van der Waals surface area contributed by atoms with Crippen molar-refractivity contribution in [2.75, 3.05) is 23.7 Å². The van der Waals surface area contributed by atoms with Crippen LogP contribution >= 0.6 is 11.3 Å². The number of carbonyl (C=O) groups is 1. The second-order valence-electron chi connectivity index (χ2n) is 5.72. The lowest BCUT2D eigenvalue weighted by molar-refractivity contribution is 0.0956. The van der Waals surface area contributed by atoms with Crippen LogP contribution in [0.25, 0.3) is 0 Å². The lowest BCUT2D eigenvalue weighted by Crippen LogP contribution is -2.25. The van der Waals surface area contributed by atoms with Crippen LogP contribution < -0.4 is 16.0 Å². The first-order valence-electron chi connectivity index (χ1n) is 6.98. The SMILES string of the molecule is CC1CCN(c2sc(C(=O)NC3CC3)c(N)c2C#N)C1. The molecule has 1 aliphatic carbocycles. The zero-order chi connectivity index (χ0) is 14.3. The Morgan fingerprint density at radius 3 is 2.80 bits per heavy atom. The number of anilines is 2. The van der Waals surface area contributed by atoms with Crippen LogP contribution in [0.15, 0.2) is 0 Å². The van der Waals surface area contributed by atoms with Gasteiger partial charge in [0, 0.05) is 19.1 Å². The number of hydrogen-bond acceptors (Lipinski definition) is 5. The Morgan fingerprint density at radius 1 is 1.50 bits per heavy atom. The van der Waals surface area contributed by atoms with Crippen LogP contribution in [0.3, 0.4) is 0 Å². The van der Waals surface area contributed by atoms with Gasteiger partial charge in [-0.1, -0.05) is 6.92 Å². The summed E-state index contributed by atoms with van der Waals surface area (Å²) in [6.07, 6.45) is 3.20. The first-order valence-corrected chi connectivity index (χ1v) is 7.80. The summed E-state index contributed by atoms with van der Waals surface area (Å²) >= 11 is 1.35. The number of amides is 1. The molecule has 0 radical (unpaired) electrons. The standard InChI is InChI=1S/C14H18N4OS/c1-8-4-5-18(7-8)14-10(6-15)11(16)12(20-14)13(19)17-9-2-3-9/h8-9H,2-5,7,16H2,1H3,(H,17,19). The molecule has 1 atom stereocenters. The number of thiophene rings is 1. The summed E-state index contributed by atoms with van der Waals surface area (Å²) in [6.45, 7) is 4.06. The Kier molecular flexibility index (Phi) is 3.30. The zero-order valence-electron chi connectivity index (χ0n) is 11.5. The third-order valence-corrected chi connectivity index (χ3v) is 5.13. The van der Waals surface area contributed by atoms with E-state index >= 15 is 0 Å². The fraction of sp³-hybridized carbons (Fsp3) is 0.571. The number of nitrogen functional groups attached to an aromatic ring is 1. The van der Waals surface area contributed by atoms with E-state index in [-0.39, 0.29) is 5.91 Å². The van der Waals surface area contributed by atoms with Crippen molar-refractivity contribution in [2.24, 2.45) is 5.92 Å². The van der Waals surface area contributed by atoms with Crippen LogP contribution in [0, 0.1) is 17.2 Å². The van der Waals surface area contributed by atoms with E-state index in [1.807, 2.05) is 0 Å². The van der Waals surface area contributed by atoms with Gasteiger partial charge in [0.25, 0.3) is 5.91 Å². The molecule has 0 bridgehead atoms. The molecule has 1 unspecified atom stereocenters. The van der Waals surface area contributed by atoms with E-state index in [4.69, 9.17) is 5.73 Å². The molecule has 1 aromatic rings. The molecule has 20 heavy (non-hydrogen) atoms. The molecular weight excluding hydrogens is 272 g/mol.